The van der Waals surface area contributed by atoms with E-state index in [2.05, 4.69) is 201 Å². The summed E-state index contributed by atoms with van der Waals surface area (Å²) in [7, 11) is 0. The summed E-state index contributed by atoms with van der Waals surface area (Å²) in [6.07, 6.45) is 0. The Labute approximate surface area is 300 Å². The molecule has 0 N–H and O–H groups in total. The van der Waals surface area contributed by atoms with E-state index in [0.717, 1.165) is 27.1 Å². The maximum Gasteiger partial charge on any atom is 0.0198 e. The van der Waals surface area contributed by atoms with Crippen LogP contribution in [-0.4, -0.2) is 0 Å². The van der Waals surface area contributed by atoms with E-state index in [1.54, 1.807) is 0 Å². The topological polar surface area (TPSA) is 0 Å². The molecule has 8 aromatic rings. The van der Waals surface area contributed by atoms with Crippen molar-refractivity contribution in [3.63, 3.8) is 0 Å². The Morgan fingerprint density at radius 3 is 1.14 bits per heavy atom. The van der Waals surface area contributed by atoms with Crippen molar-refractivity contribution in [1.82, 2.24) is 0 Å². The maximum absolute atomic E-state index is 5.23. The Bertz CT molecular complexity index is 2410. The summed E-state index contributed by atoms with van der Waals surface area (Å²) in [6, 6.07) is 69.7. The lowest BCUT2D eigenvalue weighted by Crippen LogP contribution is -1.92. The first kappa shape index (κ1) is 31.4. The van der Waals surface area contributed by atoms with E-state index in [1.165, 1.54) is 61.2 Å². The van der Waals surface area contributed by atoms with Crippen molar-refractivity contribution in [2.45, 2.75) is 11.8 Å². The van der Waals surface area contributed by atoms with Crippen LogP contribution in [0.1, 0.15) is 5.56 Å². The van der Waals surface area contributed by atoms with Gasteiger partial charge in [-0.3, -0.25) is 0 Å². The predicted molar refractivity (Wildman–Crippen MR) is 216 cm³/mol. The van der Waals surface area contributed by atoms with Gasteiger partial charge in [-0.1, -0.05) is 170 Å². The molecule has 0 aliphatic rings. The van der Waals surface area contributed by atoms with Gasteiger partial charge in [-0.15, -0.1) is 12.6 Å². The molecule has 238 valence electrons. The second kappa shape index (κ2) is 13.9. The molecule has 0 nitrogen and oxygen atoms in total. The van der Waals surface area contributed by atoms with Crippen LogP contribution in [0.25, 0.3) is 77.9 Å². The zero-order chi connectivity index (χ0) is 33.9. The molecule has 0 spiro atoms. The van der Waals surface area contributed by atoms with Crippen LogP contribution < -0.4 is 0 Å². The molecule has 0 fully saturated rings. The number of thiol groups is 1. The average molecular weight is 657 g/mol. The van der Waals surface area contributed by atoms with Gasteiger partial charge in [-0.25, -0.2) is 0 Å². The average Bonchev–Trinajstić information content (AvgIpc) is 3.19. The molecule has 0 aliphatic carbocycles. The quantitative estimate of drug-likeness (QED) is 0.162. The van der Waals surface area contributed by atoms with E-state index >= 15 is 0 Å². The molecule has 0 amide bonds. The second-order valence-corrected chi connectivity index (χ2v) is 13.2. The second-order valence-electron chi connectivity index (χ2n) is 12.8. The first-order valence-electron chi connectivity index (χ1n) is 17.1. The molecule has 0 saturated heterocycles. The van der Waals surface area contributed by atoms with Gasteiger partial charge in [0.25, 0.3) is 0 Å². The molecular formula is C49H36S. The number of hydrogen-bond acceptors (Lipinski definition) is 1. The molecule has 0 saturated carbocycles. The van der Waals surface area contributed by atoms with Gasteiger partial charge in [0.15, 0.2) is 0 Å². The third kappa shape index (κ3) is 6.44. The van der Waals surface area contributed by atoms with E-state index in [-0.39, 0.29) is 0 Å². The molecule has 0 atom stereocenters. The third-order valence-corrected chi connectivity index (χ3v) is 10.0. The first-order chi connectivity index (χ1) is 24.6. The van der Waals surface area contributed by atoms with Crippen LogP contribution in [-0.2, 0) is 0 Å². The van der Waals surface area contributed by atoms with Gasteiger partial charge in [0, 0.05) is 4.90 Å². The summed E-state index contributed by atoms with van der Waals surface area (Å²) in [5, 5.41) is 0. The lowest BCUT2D eigenvalue weighted by atomic mass is 9.90. The Morgan fingerprint density at radius 2 is 0.620 bits per heavy atom. The van der Waals surface area contributed by atoms with Gasteiger partial charge in [0.2, 0.25) is 0 Å². The SMILES string of the molecule is Cc1ccccc1-c1cc(-c2cccc(-c3ccc(-c4ccccc4)cc3)c2)cc(-c2cccc(-c3ccc(-c4ccccc4)cc3)c2)c1S. The Hall–Kier alpha value is -5.89. The zero-order valence-corrected chi connectivity index (χ0v) is 28.8. The van der Waals surface area contributed by atoms with Crippen LogP contribution in [0.2, 0.25) is 0 Å². The van der Waals surface area contributed by atoms with Crippen LogP contribution in [0.15, 0.2) is 199 Å². The van der Waals surface area contributed by atoms with E-state index in [9.17, 15) is 0 Å². The van der Waals surface area contributed by atoms with Gasteiger partial charge in [-0.2, -0.15) is 0 Å². The van der Waals surface area contributed by atoms with Crippen molar-refractivity contribution in [3.05, 3.63) is 200 Å². The molecule has 0 bridgehead atoms. The first-order valence-corrected chi connectivity index (χ1v) is 17.5. The Morgan fingerprint density at radius 1 is 0.260 bits per heavy atom. The van der Waals surface area contributed by atoms with Crippen molar-refractivity contribution in [2.24, 2.45) is 0 Å². The van der Waals surface area contributed by atoms with Crippen molar-refractivity contribution in [3.8, 4) is 77.9 Å². The largest absolute Gasteiger partial charge is 0.142 e. The van der Waals surface area contributed by atoms with Gasteiger partial charge in [0.05, 0.1) is 0 Å². The minimum atomic E-state index is 0.979. The fourth-order valence-electron chi connectivity index (χ4n) is 6.82. The van der Waals surface area contributed by atoms with Crippen molar-refractivity contribution in [1.29, 1.82) is 0 Å². The highest BCUT2D eigenvalue weighted by atomic mass is 32.1. The van der Waals surface area contributed by atoms with E-state index in [4.69, 9.17) is 12.6 Å². The number of hydrogen-bond donors (Lipinski definition) is 1. The standard InChI is InChI=1S/C49H36S/c1-34-12-8-9-21-46(34)48-33-45(43-19-10-17-41(30-43)39-26-22-37(23-27-39)35-13-4-2-5-14-35)32-47(49(48)50)44-20-11-18-42(31-44)40-28-24-38(25-29-40)36-15-6-3-7-16-36/h2-33,50H,1H3. The molecule has 1 heteroatoms. The molecule has 8 aromatic carbocycles. The fraction of sp³-hybridized carbons (Fsp3) is 0.0204. The van der Waals surface area contributed by atoms with Crippen LogP contribution >= 0.6 is 12.6 Å². The lowest BCUT2D eigenvalue weighted by molar-refractivity contribution is 1.39. The minimum absolute atomic E-state index is 0.979. The summed E-state index contributed by atoms with van der Waals surface area (Å²) in [4.78, 5) is 0.979. The molecule has 0 aromatic heterocycles. The highest BCUT2D eigenvalue weighted by Crippen LogP contribution is 2.42. The zero-order valence-electron chi connectivity index (χ0n) is 27.9. The molecular weight excluding hydrogens is 621 g/mol. The van der Waals surface area contributed by atoms with Crippen LogP contribution in [0, 0.1) is 6.92 Å². The lowest BCUT2D eigenvalue weighted by Gasteiger charge is -2.17. The normalized spacial score (nSPS) is 11.0. The van der Waals surface area contributed by atoms with Gasteiger partial charge in [0.1, 0.15) is 0 Å². The minimum Gasteiger partial charge on any atom is -0.142 e. The summed E-state index contributed by atoms with van der Waals surface area (Å²) in [6.45, 7) is 2.17. The van der Waals surface area contributed by atoms with Crippen LogP contribution in [0.3, 0.4) is 0 Å². The predicted octanol–water partition coefficient (Wildman–Crippen LogP) is 14.0. The molecule has 0 aliphatic heterocycles. The number of rotatable bonds is 7. The highest BCUT2D eigenvalue weighted by Gasteiger charge is 2.16. The van der Waals surface area contributed by atoms with Crippen molar-refractivity contribution >= 4 is 12.6 Å². The molecule has 50 heavy (non-hydrogen) atoms. The molecule has 8 rings (SSSR count). The monoisotopic (exact) mass is 656 g/mol. The van der Waals surface area contributed by atoms with Crippen LogP contribution in [0.4, 0.5) is 0 Å². The summed E-state index contributed by atoms with van der Waals surface area (Å²) in [5.74, 6) is 0. The van der Waals surface area contributed by atoms with Crippen molar-refractivity contribution in [2.75, 3.05) is 0 Å². The van der Waals surface area contributed by atoms with Gasteiger partial charge in [-0.05, 0) is 115 Å². The summed E-state index contributed by atoms with van der Waals surface area (Å²) < 4.78 is 0. The van der Waals surface area contributed by atoms with E-state index < -0.39 is 0 Å². The van der Waals surface area contributed by atoms with E-state index in [1.807, 2.05) is 0 Å². The fourth-order valence-corrected chi connectivity index (χ4v) is 7.20. The summed E-state index contributed by atoms with van der Waals surface area (Å²) >= 11 is 5.23. The Balaban J connectivity index is 1.20. The number of aryl methyl sites for hydroxylation is 1. The number of benzene rings is 8. The van der Waals surface area contributed by atoms with Crippen molar-refractivity contribution < 1.29 is 0 Å². The Kier molecular flexibility index (Phi) is 8.74. The molecule has 0 unspecified atom stereocenters. The molecule has 0 radical (unpaired) electrons. The smallest absolute Gasteiger partial charge is 0.0198 e. The van der Waals surface area contributed by atoms with Crippen LogP contribution in [0.5, 0.6) is 0 Å². The highest BCUT2D eigenvalue weighted by molar-refractivity contribution is 7.80. The third-order valence-electron chi connectivity index (χ3n) is 9.57. The van der Waals surface area contributed by atoms with Gasteiger partial charge >= 0.3 is 0 Å². The van der Waals surface area contributed by atoms with Gasteiger partial charge < -0.3 is 0 Å². The maximum atomic E-state index is 5.23. The molecule has 0 heterocycles. The summed E-state index contributed by atoms with van der Waals surface area (Å²) in [5.41, 5.74) is 17.8. The van der Waals surface area contributed by atoms with E-state index in [0.29, 0.717) is 0 Å².